The van der Waals surface area contributed by atoms with E-state index in [0.717, 1.165) is 54.2 Å². The molecule has 4 rings (SSSR count). The van der Waals surface area contributed by atoms with Crippen LogP contribution in [-0.4, -0.2) is 24.8 Å². The van der Waals surface area contributed by atoms with E-state index in [2.05, 4.69) is 0 Å². The van der Waals surface area contributed by atoms with Gasteiger partial charge in [0.05, 0.1) is 11.8 Å². The maximum absolute atomic E-state index is 13.8. The Balaban J connectivity index is 1.82. The van der Waals surface area contributed by atoms with Crippen molar-refractivity contribution in [3.8, 4) is 11.1 Å². The fraction of sp³-hybridized carbons (Fsp3) is 0.417. The molecule has 1 aliphatic carbocycles. The Morgan fingerprint density at radius 3 is 2.17 bits per heavy atom. The van der Waals surface area contributed by atoms with Crippen LogP contribution in [0.25, 0.3) is 11.1 Å². The van der Waals surface area contributed by atoms with Gasteiger partial charge in [-0.05, 0) is 74.4 Å². The highest BCUT2D eigenvalue weighted by atomic mass is 19.1. The molecule has 4 nitrogen and oxygen atoms in total. The van der Waals surface area contributed by atoms with E-state index < -0.39 is 17.3 Å². The number of ether oxygens (including phenoxy) is 1. The summed E-state index contributed by atoms with van der Waals surface area (Å²) in [5.74, 6) is -0.572. The summed E-state index contributed by atoms with van der Waals surface area (Å²) in [5.41, 5.74) is 9.29. The van der Waals surface area contributed by atoms with Crippen molar-refractivity contribution < 1.29 is 13.5 Å². The zero-order valence-corrected chi connectivity index (χ0v) is 17.6. The van der Waals surface area contributed by atoms with Gasteiger partial charge in [-0.3, -0.25) is 4.99 Å². The number of halogens is 2. The zero-order valence-electron chi connectivity index (χ0n) is 17.6. The molecule has 1 aliphatic heterocycles. The first-order valence-electron chi connectivity index (χ1n) is 10.3. The van der Waals surface area contributed by atoms with Crippen molar-refractivity contribution in [2.24, 2.45) is 21.6 Å². The van der Waals surface area contributed by atoms with E-state index in [0.29, 0.717) is 11.4 Å². The van der Waals surface area contributed by atoms with E-state index >= 15 is 0 Å². The molecule has 1 atom stereocenters. The third-order valence-corrected chi connectivity index (χ3v) is 6.41. The van der Waals surface area contributed by atoms with E-state index in [1.807, 2.05) is 32.0 Å². The number of nitrogens with two attached hydrogens (primary N) is 1. The molecular weight excluding hydrogens is 384 g/mol. The second-order valence-electron chi connectivity index (χ2n) is 8.32. The number of rotatable bonds is 4. The Kier molecular flexibility index (Phi) is 5.45. The summed E-state index contributed by atoms with van der Waals surface area (Å²) in [7, 11) is 1.75. The Bertz CT molecular complexity index is 985. The van der Waals surface area contributed by atoms with Gasteiger partial charge in [-0.1, -0.05) is 12.1 Å². The number of hydrogen-bond donors (Lipinski definition) is 1. The maximum atomic E-state index is 13.8. The van der Waals surface area contributed by atoms with Crippen LogP contribution in [0.2, 0.25) is 0 Å². The van der Waals surface area contributed by atoms with Gasteiger partial charge in [-0.15, -0.1) is 0 Å². The number of benzene rings is 2. The van der Waals surface area contributed by atoms with Gasteiger partial charge in [-0.2, -0.15) is 0 Å². The van der Waals surface area contributed by atoms with Crippen LogP contribution in [0.4, 0.5) is 8.78 Å². The molecule has 2 N–H and O–H groups in total. The van der Waals surface area contributed by atoms with Crippen LogP contribution in [0.3, 0.4) is 0 Å². The largest absolute Gasteiger partial charge is 0.382 e. The molecule has 0 bridgehead atoms. The smallest absolute Gasteiger partial charge is 0.181 e. The van der Waals surface area contributed by atoms with Gasteiger partial charge in [0.25, 0.3) is 0 Å². The summed E-state index contributed by atoms with van der Waals surface area (Å²) in [6.45, 7) is 3.89. The van der Waals surface area contributed by atoms with Gasteiger partial charge in [0, 0.05) is 24.7 Å². The summed E-state index contributed by atoms with van der Waals surface area (Å²) in [6.07, 6.45) is 3.99. The molecule has 2 aromatic carbocycles. The fourth-order valence-electron chi connectivity index (χ4n) is 4.74. The van der Waals surface area contributed by atoms with Gasteiger partial charge in [-0.25, -0.2) is 13.8 Å². The first kappa shape index (κ1) is 20.7. The first-order chi connectivity index (χ1) is 14.3. The predicted octanol–water partition coefficient (Wildman–Crippen LogP) is 5.13. The molecule has 1 heterocycles. The molecule has 2 aromatic rings. The number of aliphatic imine (C=N–C) groups is 2. The Morgan fingerprint density at radius 1 is 0.933 bits per heavy atom. The quantitative estimate of drug-likeness (QED) is 0.758. The lowest BCUT2D eigenvalue weighted by Gasteiger charge is -2.38. The molecule has 0 spiro atoms. The van der Waals surface area contributed by atoms with E-state index in [9.17, 15) is 8.78 Å². The topological polar surface area (TPSA) is 60.0 Å². The SMILES string of the molecule is COC1CCC(C2(c3cc(-c4cc(F)cc(F)c4)ccc3C)N=C(C)C(N)=N2)CC1. The van der Waals surface area contributed by atoms with Crippen LogP contribution >= 0.6 is 0 Å². The molecule has 158 valence electrons. The molecule has 30 heavy (non-hydrogen) atoms. The number of nitrogens with zero attached hydrogens (tertiary/aromatic N) is 2. The van der Waals surface area contributed by atoms with Crippen LogP contribution < -0.4 is 5.73 Å². The Labute approximate surface area is 175 Å². The van der Waals surface area contributed by atoms with Gasteiger partial charge < -0.3 is 10.5 Å². The second-order valence-corrected chi connectivity index (χ2v) is 8.32. The van der Waals surface area contributed by atoms with Crippen LogP contribution in [0.1, 0.15) is 43.7 Å². The third kappa shape index (κ3) is 3.65. The average molecular weight is 411 g/mol. The van der Waals surface area contributed by atoms with Gasteiger partial charge in [0.1, 0.15) is 17.5 Å². The standard InChI is InChI=1S/C24H27F2N3O/c1-14-4-5-16(17-10-19(25)13-20(26)11-17)12-22(14)24(28-15(2)23(27)29-24)18-6-8-21(30-3)9-7-18/h4-5,10-13,18,21H,6-9H2,1-3H3,(H2,27,29). The lowest BCUT2D eigenvalue weighted by molar-refractivity contribution is 0.0426. The summed E-state index contributed by atoms with van der Waals surface area (Å²) in [6, 6.07) is 9.37. The average Bonchev–Trinajstić information content (AvgIpc) is 3.03. The van der Waals surface area contributed by atoms with Crippen LogP contribution in [-0.2, 0) is 10.4 Å². The van der Waals surface area contributed by atoms with Crippen molar-refractivity contribution in [2.45, 2.75) is 51.3 Å². The summed E-state index contributed by atoms with van der Waals surface area (Å²) >= 11 is 0. The molecule has 6 heteroatoms. The molecule has 2 aliphatic rings. The van der Waals surface area contributed by atoms with Gasteiger partial charge >= 0.3 is 0 Å². The minimum absolute atomic E-state index is 0.179. The van der Waals surface area contributed by atoms with E-state index in [1.54, 1.807) is 7.11 Å². The number of amidine groups is 1. The summed E-state index contributed by atoms with van der Waals surface area (Å²) in [4.78, 5) is 9.85. The number of hydrogen-bond acceptors (Lipinski definition) is 4. The molecule has 0 aromatic heterocycles. The number of aryl methyl sites for hydroxylation is 1. The van der Waals surface area contributed by atoms with Gasteiger partial charge in [0.2, 0.25) is 0 Å². The van der Waals surface area contributed by atoms with Crippen LogP contribution in [0.5, 0.6) is 0 Å². The number of methoxy groups -OCH3 is 1. The molecule has 0 saturated heterocycles. The highest BCUT2D eigenvalue weighted by Crippen LogP contribution is 2.47. The minimum Gasteiger partial charge on any atom is -0.382 e. The third-order valence-electron chi connectivity index (χ3n) is 6.41. The fourth-order valence-corrected chi connectivity index (χ4v) is 4.74. The zero-order chi connectivity index (χ0) is 21.5. The molecule has 0 radical (unpaired) electrons. The highest BCUT2D eigenvalue weighted by molar-refractivity contribution is 6.41. The van der Waals surface area contributed by atoms with Gasteiger partial charge in [0.15, 0.2) is 5.66 Å². The van der Waals surface area contributed by atoms with Crippen molar-refractivity contribution >= 4 is 11.5 Å². The van der Waals surface area contributed by atoms with Crippen LogP contribution in [0.15, 0.2) is 46.4 Å². The molecule has 1 saturated carbocycles. The van der Waals surface area contributed by atoms with Crippen molar-refractivity contribution in [2.75, 3.05) is 7.11 Å². The van der Waals surface area contributed by atoms with Crippen molar-refractivity contribution in [3.05, 3.63) is 59.2 Å². The minimum atomic E-state index is -0.807. The predicted molar refractivity (Wildman–Crippen MR) is 116 cm³/mol. The second kappa shape index (κ2) is 7.91. The first-order valence-corrected chi connectivity index (χ1v) is 10.3. The lowest BCUT2D eigenvalue weighted by atomic mass is 9.74. The van der Waals surface area contributed by atoms with E-state index in [1.165, 1.54) is 12.1 Å². The van der Waals surface area contributed by atoms with E-state index in [4.69, 9.17) is 20.5 Å². The highest BCUT2D eigenvalue weighted by Gasteiger charge is 2.46. The molecule has 1 unspecified atom stereocenters. The monoisotopic (exact) mass is 411 g/mol. The van der Waals surface area contributed by atoms with Crippen LogP contribution in [0, 0.1) is 24.5 Å². The van der Waals surface area contributed by atoms with Crippen molar-refractivity contribution in [1.29, 1.82) is 0 Å². The lowest BCUT2D eigenvalue weighted by Crippen LogP contribution is -2.36. The molecule has 0 amide bonds. The van der Waals surface area contributed by atoms with Crippen molar-refractivity contribution in [1.82, 2.24) is 0 Å². The summed E-state index contributed by atoms with van der Waals surface area (Å²) in [5, 5.41) is 0. The summed E-state index contributed by atoms with van der Waals surface area (Å²) < 4.78 is 33.2. The molecular formula is C24H27F2N3O. The van der Waals surface area contributed by atoms with E-state index in [-0.39, 0.29) is 12.0 Å². The Morgan fingerprint density at radius 2 is 1.60 bits per heavy atom. The molecule has 1 fully saturated rings. The normalized spacial score (nSPS) is 26.4. The van der Waals surface area contributed by atoms with Crippen molar-refractivity contribution in [3.63, 3.8) is 0 Å². The Hall–Kier alpha value is -2.60. The maximum Gasteiger partial charge on any atom is 0.181 e.